The van der Waals surface area contributed by atoms with E-state index in [1.807, 2.05) is 6.07 Å². The molecule has 0 saturated carbocycles. The second-order valence-corrected chi connectivity index (χ2v) is 6.81. The molecule has 0 atom stereocenters. The Hall–Kier alpha value is -2.67. The first kappa shape index (κ1) is 20.1. The van der Waals surface area contributed by atoms with E-state index in [4.69, 9.17) is 4.74 Å². The fraction of sp³-hybridized carbons (Fsp3) is 0.429. The molecule has 0 spiro atoms. The maximum Gasteiger partial charge on any atom is 0.191 e. The lowest BCUT2D eigenvalue weighted by Gasteiger charge is -2.26. The summed E-state index contributed by atoms with van der Waals surface area (Å²) in [7, 11) is 1.74. The number of pyridine rings is 1. The average molecular weight is 385 g/mol. The molecule has 3 rings (SSSR count). The number of hydrogen-bond acceptors (Lipinski definition) is 4. The molecule has 0 amide bonds. The number of aromatic nitrogens is 1. The van der Waals surface area contributed by atoms with Crippen molar-refractivity contribution in [3.05, 3.63) is 54.1 Å². The Bertz CT molecular complexity index is 763. The predicted molar refractivity (Wildman–Crippen MR) is 109 cm³/mol. The van der Waals surface area contributed by atoms with Crippen molar-refractivity contribution in [2.24, 2.45) is 4.99 Å². The minimum Gasteiger partial charge on any atom is -0.453 e. The Kier molecular flexibility index (Phi) is 7.61. The molecule has 1 aromatic heterocycles. The van der Waals surface area contributed by atoms with E-state index in [9.17, 15) is 4.39 Å². The molecule has 6 nitrogen and oxygen atoms in total. The number of nitrogens with one attached hydrogen (secondary N) is 2. The quantitative estimate of drug-likeness (QED) is 0.566. The van der Waals surface area contributed by atoms with E-state index >= 15 is 0 Å². The van der Waals surface area contributed by atoms with Gasteiger partial charge in [-0.05, 0) is 55.8 Å². The molecule has 1 fully saturated rings. The van der Waals surface area contributed by atoms with E-state index in [-0.39, 0.29) is 5.75 Å². The van der Waals surface area contributed by atoms with Crippen molar-refractivity contribution in [1.82, 2.24) is 20.5 Å². The zero-order valence-electron chi connectivity index (χ0n) is 16.3. The number of likely N-dealkylation sites (tertiary alicyclic amines) is 1. The third-order valence-electron chi connectivity index (χ3n) is 4.71. The molecule has 1 saturated heterocycles. The third-order valence-corrected chi connectivity index (χ3v) is 4.71. The van der Waals surface area contributed by atoms with Crippen molar-refractivity contribution in [2.45, 2.75) is 25.8 Å². The van der Waals surface area contributed by atoms with Gasteiger partial charge >= 0.3 is 0 Å². The highest BCUT2D eigenvalue weighted by Gasteiger charge is 2.10. The van der Waals surface area contributed by atoms with Gasteiger partial charge in [0.05, 0.1) is 6.20 Å². The zero-order chi connectivity index (χ0) is 19.6. The molecule has 7 heteroatoms. The maximum absolute atomic E-state index is 14.3. The number of ether oxygens (including phenoxy) is 1. The molecular formula is C21H28FN5O. The molecule has 1 aliphatic rings. The Morgan fingerprint density at radius 2 is 2.07 bits per heavy atom. The van der Waals surface area contributed by atoms with Gasteiger partial charge in [-0.3, -0.25) is 9.98 Å². The zero-order valence-corrected chi connectivity index (χ0v) is 16.3. The van der Waals surface area contributed by atoms with E-state index < -0.39 is 5.82 Å². The van der Waals surface area contributed by atoms with Crippen molar-refractivity contribution >= 4 is 5.96 Å². The smallest absolute Gasteiger partial charge is 0.191 e. The van der Waals surface area contributed by atoms with Crippen LogP contribution in [0.4, 0.5) is 4.39 Å². The van der Waals surface area contributed by atoms with Crippen LogP contribution in [0.1, 0.15) is 24.8 Å². The lowest BCUT2D eigenvalue weighted by Crippen LogP contribution is -2.42. The summed E-state index contributed by atoms with van der Waals surface area (Å²) in [5, 5.41) is 6.54. The molecule has 2 N–H and O–H groups in total. The number of halogens is 1. The largest absolute Gasteiger partial charge is 0.453 e. The minimum atomic E-state index is -0.406. The van der Waals surface area contributed by atoms with Crippen molar-refractivity contribution in [3.8, 4) is 11.5 Å². The summed E-state index contributed by atoms with van der Waals surface area (Å²) >= 11 is 0. The summed E-state index contributed by atoms with van der Waals surface area (Å²) in [6.45, 7) is 4.69. The van der Waals surface area contributed by atoms with Gasteiger partial charge in [0.15, 0.2) is 17.5 Å². The molecule has 0 unspecified atom stereocenters. The minimum absolute atomic E-state index is 0.181. The summed E-state index contributed by atoms with van der Waals surface area (Å²) in [6, 6.07) is 8.42. The van der Waals surface area contributed by atoms with E-state index in [1.54, 1.807) is 37.6 Å². The first-order chi connectivity index (χ1) is 13.7. The van der Waals surface area contributed by atoms with Gasteiger partial charge in [-0.15, -0.1) is 0 Å². The van der Waals surface area contributed by atoms with Gasteiger partial charge < -0.3 is 20.3 Å². The first-order valence-corrected chi connectivity index (χ1v) is 9.78. The van der Waals surface area contributed by atoms with Gasteiger partial charge in [-0.25, -0.2) is 4.39 Å². The Morgan fingerprint density at radius 1 is 1.21 bits per heavy atom. The average Bonchev–Trinajstić information content (AvgIpc) is 2.74. The molecular weight excluding hydrogens is 357 g/mol. The second-order valence-electron chi connectivity index (χ2n) is 6.81. The van der Waals surface area contributed by atoms with Crippen molar-refractivity contribution in [1.29, 1.82) is 0 Å². The van der Waals surface area contributed by atoms with Gasteiger partial charge in [0.1, 0.15) is 5.75 Å². The fourth-order valence-corrected chi connectivity index (χ4v) is 3.19. The maximum atomic E-state index is 14.3. The van der Waals surface area contributed by atoms with E-state index in [0.717, 1.165) is 18.7 Å². The van der Waals surface area contributed by atoms with Gasteiger partial charge in [0, 0.05) is 32.9 Å². The van der Waals surface area contributed by atoms with Gasteiger partial charge in [-0.2, -0.15) is 0 Å². The highest BCUT2D eigenvalue weighted by molar-refractivity contribution is 5.79. The summed E-state index contributed by atoms with van der Waals surface area (Å²) in [4.78, 5) is 10.7. The van der Waals surface area contributed by atoms with Crippen LogP contribution < -0.4 is 15.4 Å². The SMILES string of the molecule is CN=C(NCCN1CCCCC1)NCc1ccc(Oc2cccnc2)c(F)c1. The van der Waals surface area contributed by atoms with Crippen molar-refractivity contribution in [2.75, 3.05) is 33.2 Å². The van der Waals surface area contributed by atoms with Crippen LogP contribution in [0.15, 0.2) is 47.7 Å². The van der Waals surface area contributed by atoms with Crippen LogP contribution in [0, 0.1) is 5.82 Å². The molecule has 1 aliphatic heterocycles. The fourth-order valence-electron chi connectivity index (χ4n) is 3.19. The first-order valence-electron chi connectivity index (χ1n) is 9.78. The predicted octanol–water partition coefficient (Wildman–Crippen LogP) is 3.16. The van der Waals surface area contributed by atoms with Gasteiger partial charge in [0.2, 0.25) is 0 Å². The summed E-state index contributed by atoms with van der Waals surface area (Å²) < 4.78 is 19.8. The summed E-state index contributed by atoms with van der Waals surface area (Å²) in [5.74, 6) is 0.996. The van der Waals surface area contributed by atoms with E-state index in [0.29, 0.717) is 18.3 Å². The summed E-state index contributed by atoms with van der Waals surface area (Å²) in [5.41, 5.74) is 0.815. The van der Waals surface area contributed by atoms with Gasteiger partial charge in [0.25, 0.3) is 0 Å². The van der Waals surface area contributed by atoms with E-state index in [1.165, 1.54) is 38.4 Å². The highest BCUT2D eigenvalue weighted by Crippen LogP contribution is 2.24. The molecule has 28 heavy (non-hydrogen) atoms. The second kappa shape index (κ2) is 10.6. The Morgan fingerprint density at radius 3 is 2.79 bits per heavy atom. The van der Waals surface area contributed by atoms with Crippen LogP contribution in [0.3, 0.4) is 0 Å². The lowest BCUT2D eigenvalue weighted by molar-refractivity contribution is 0.232. The molecule has 0 bridgehead atoms. The Balaban J connectivity index is 1.45. The van der Waals surface area contributed by atoms with Crippen molar-refractivity contribution in [3.63, 3.8) is 0 Å². The molecule has 2 heterocycles. The van der Waals surface area contributed by atoms with Crippen LogP contribution in [0.5, 0.6) is 11.5 Å². The number of benzene rings is 1. The molecule has 2 aromatic rings. The monoisotopic (exact) mass is 385 g/mol. The number of aliphatic imine (C=N–C) groups is 1. The normalized spacial score (nSPS) is 15.3. The Labute approximate surface area is 165 Å². The topological polar surface area (TPSA) is 61.8 Å². The standard InChI is InChI=1S/C21H28FN5O/c1-23-21(25-10-13-27-11-3-2-4-12-27)26-15-17-7-8-20(19(22)14-17)28-18-6-5-9-24-16-18/h5-9,14,16H,2-4,10-13,15H2,1H3,(H2,23,25,26). The molecule has 1 aromatic carbocycles. The highest BCUT2D eigenvalue weighted by atomic mass is 19.1. The van der Waals surface area contributed by atoms with Crippen LogP contribution in [0.2, 0.25) is 0 Å². The van der Waals surface area contributed by atoms with Crippen LogP contribution in [-0.4, -0.2) is 49.1 Å². The van der Waals surface area contributed by atoms with Crippen LogP contribution in [-0.2, 0) is 6.54 Å². The number of nitrogens with zero attached hydrogens (tertiary/aromatic N) is 3. The number of piperidine rings is 1. The lowest BCUT2D eigenvalue weighted by atomic mass is 10.1. The van der Waals surface area contributed by atoms with Crippen LogP contribution in [0.25, 0.3) is 0 Å². The van der Waals surface area contributed by atoms with Crippen LogP contribution >= 0.6 is 0 Å². The third kappa shape index (κ3) is 6.20. The van der Waals surface area contributed by atoms with Crippen molar-refractivity contribution < 1.29 is 9.13 Å². The number of rotatable bonds is 7. The molecule has 150 valence electrons. The number of hydrogen-bond donors (Lipinski definition) is 2. The van der Waals surface area contributed by atoms with E-state index in [2.05, 4.69) is 25.5 Å². The summed E-state index contributed by atoms with van der Waals surface area (Å²) in [6.07, 6.45) is 7.12. The van der Waals surface area contributed by atoms with Gasteiger partial charge in [-0.1, -0.05) is 12.5 Å². The molecule has 0 aliphatic carbocycles. The number of guanidine groups is 1. The molecule has 0 radical (unpaired) electrons.